The number of nitrogens with one attached hydrogen (secondary N) is 1. The Bertz CT molecular complexity index is 623. The van der Waals surface area contributed by atoms with Crippen molar-refractivity contribution in [3.63, 3.8) is 0 Å². The SMILES string of the molecule is Cc1cccc(F)c1NC(=O)c1cc(F)ccc1Br. The average Bonchev–Trinajstić information content (AvgIpc) is 2.37. The standard InChI is InChI=1S/C14H10BrF2NO/c1-8-3-2-4-12(17)13(8)18-14(19)10-7-9(16)5-6-11(10)15/h2-7H,1H3,(H,18,19). The number of hydrogen-bond acceptors (Lipinski definition) is 1. The van der Waals surface area contributed by atoms with Gasteiger partial charge in [-0.05, 0) is 52.7 Å². The number of amides is 1. The van der Waals surface area contributed by atoms with Crippen LogP contribution in [0.5, 0.6) is 0 Å². The summed E-state index contributed by atoms with van der Waals surface area (Å²) >= 11 is 3.16. The van der Waals surface area contributed by atoms with Crippen molar-refractivity contribution in [2.45, 2.75) is 6.92 Å². The van der Waals surface area contributed by atoms with Crippen molar-refractivity contribution in [3.8, 4) is 0 Å². The number of carbonyl (C=O) groups excluding carboxylic acids is 1. The van der Waals surface area contributed by atoms with Crippen molar-refractivity contribution < 1.29 is 13.6 Å². The lowest BCUT2D eigenvalue weighted by Gasteiger charge is -2.10. The fraction of sp³-hybridized carbons (Fsp3) is 0.0714. The van der Waals surface area contributed by atoms with Crippen LogP contribution in [-0.4, -0.2) is 5.91 Å². The zero-order chi connectivity index (χ0) is 14.0. The summed E-state index contributed by atoms with van der Waals surface area (Å²) in [7, 11) is 0. The first-order valence-corrected chi connectivity index (χ1v) is 6.30. The minimum absolute atomic E-state index is 0.101. The maximum absolute atomic E-state index is 13.6. The van der Waals surface area contributed by atoms with Crippen molar-refractivity contribution in [1.29, 1.82) is 0 Å². The van der Waals surface area contributed by atoms with E-state index < -0.39 is 17.5 Å². The maximum atomic E-state index is 13.6. The topological polar surface area (TPSA) is 29.1 Å². The second-order valence-corrected chi connectivity index (χ2v) is 4.86. The average molecular weight is 326 g/mol. The molecule has 2 aromatic rings. The summed E-state index contributed by atoms with van der Waals surface area (Å²) in [5.41, 5.74) is 0.812. The van der Waals surface area contributed by atoms with Crippen LogP contribution in [-0.2, 0) is 0 Å². The molecule has 0 saturated carbocycles. The number of benzene rings is 2. The summed E-state index contributed by atoms with van der Waals surface area (Å²) < 4.78 is 27.2. The molecule has 0 aliphatic carbocycles. The second-order valence-electron chi connectivity index (χ2n) is 4.01. The number of aryl methyl sites for hydroxylation is 1. The second kappa shape index (κ2) is 5.48. The molecule has 5 heteroatoms. The van der Waals surface area contributed by atoms with Gasteiger partial charge in [0.15, 0.2) is 0 Å². The van der Waals surface area contributed by atoms with Crippen LogP contribution in [0.1, 0.15) is 15.9 Å². The quantitative estimate of drug-likeness (QED) is 0.876. The number of carbonyl (C=O) groups is 1. The lowest BCUT2D eigenvalue weighted by Crippen LogP contribution is -2.15. The number of rotatable bonds is 2. The zero-order valence-corrected chi connectivity index (χ0v) is 11.6. The summed E-state index contributed by atoms with van der Waals surface area (Å²) in [6.07, 6.45) is 0. The van der Waals surface area contributed by atoms with Gasteiger partial charge in [-0.3, -0.25) is 4.79 Å². The van der Waals surface area contributed by atoms with Gasteiger partial charge in [0, 0.05) is 4.47 Å². The van der Waals surface area contributed by atoms with Gasteiger partial charge in [0.2, 0.25) is 0 Å². The molecule has 98 valence electrons. The van der Waals surface area contributed by atoms with E-state index in [0.29, 0.717) is 10.0 Å². The Kier molecular flexibility index (Phi) is 3.95. The molecule has 0 spiro atoms. The summed E-state index contributed by atoms with van der Waals surface area (Å²) in [4.78, 5) is 12.0. The predicted octanol–water partition coefficient (Wildman–Crippen LogP) is 4.29. The molecule has 0 unspecified atom stereocenters. The van der Waals surface area contributed by atoms with E-state index >= 15 is 0 Å². The fourth-order valence-corrected chi connectivity index (χ4v) is 2.07. The number of para-hydroxylation sites is 1. The van der Waals surface area contributed by atoms with Gasteiger partial charge in [-0.15, -0.1) is 0 Å². The Morgan fingerprint density at radius 1 is 1.21 bits per heavy atom. The van der Waals surface area contributed by atoms with Crippen molar-refractivity contribution >= 4 is 27.5 Å². The summed E-state index contributed by atoms with van der Waals surface area (Å²) in [5, 5.41) is 2.45. The van der Waals surface area contributed by atoms with Crippen LogP contribution < -0.4 is 5.32 Å². The van der Waals surface area contributed by atoms with Crippen molar-refractivity contribution in [2.75, 3.05) is 5.32 Å². The van der Waals surface area contributed by atoms with E-state index in [9.17, 15) is 13.6 Å². The van der Waals surface area contributed by atoms with Crippen molar-refractivity contribution in [2.24, 2.45) is 0 Å². The van der Waals surface area contributed by atoms with Crippen LogP contribution in [0, 0.1) is 18.6 Å². The lowest BCUT2D eigenvalue weighted by molar-refractivity contribution is 0.102. The highest BCUT2D eigenvalue weighted by Gasteiger charge is 2.14. The molecule has 0 radical (unpaired) electrons. The first-order valence-electron chi connectivity index (χ1n) is 5.50. The van der Waals surface area contributed by atoms with E-state index in [1.54, 1.807) is 19.1 Å². The Balaban J connectivity index is 2.34. The van der Waals surface area contributed by atoms with E-state index in [2.05, 4.69) is 21.2 Å². The Morgan fingerprint density at radius 3 is 2.63 bits per heavy atom. The maximum Gasteiger partial charge on any atom is 0.256 e. The summed E-state index contributed by atoms with van der Waals surface area (Å²) in [5.74, 6) is -1.63. The van der Waals surface area contributed by atoms with Gasteiger partial charge < -0.3 is 5.32 Å². The van der Waals surface area contributed by atoms with E-state index in [-0.39, 0.29) is 11.3 Å². The van der Waals surface area contributed by atoms with Crippen LogP contribution in [0.25, 0.3) is 0 Å². The molecular weight excluding hydrogens is 316 g/mol. The molecular formula is C14H10BrF2NO. The highest BCUT2D eigenvalue weighted by atomic mass is 79.9. The molecule has 0 aliphatic rings. The number of hydrogen-bond donors (Lipinski definition) is 1. The van der Waals surface area contributed by atoms with Crippen molar-refractivity contribution in [1.82, 2.24) is 0 Å². The van der Waals surface area contributed by atoms with E-state index in [1.165, 1.54) is 18.2 Å². The molecule has 0 atom stereocenters. The first kappa shape index (κ1) is 13.7. The van der Waals surface area contributed by atoms with Crippen LogP contribution in [0.15, 0.2) is 40.9 Å². The third-order valence-corrected chi connectivity index (χ3v) is 3.33. The molecule has 0 saturated heterocycles. The smallest absolute Gasteiger partial charge is 0.256 e. The van der Waals surface area contributed by atoms with Gasteiger partial charge in [0.25, 0.3) is 5.91 Å². The molecule has 1 N–H and O–H groups in total. The van der Waals surface area contributed by atoms with Crippen LogP contribution in [0.3, 0.4) is 0 Å². The minimum atomic E-state index is -0.570. The van der Waals surface area contributed by atoms with Crippen LogP contribution in [0.4, 0.5) is 14.5 Å². The molecule has 0 aliphatic heterocycles. The fourth-order valence-electron chi connectivity index (χ4n) is 1.64. The molecule has 2 rings (SSSR count). The molecule has 1 amide bonds. The zero-order valence-electron chi connectivity index (χ0n) is 10.0. The van der Waals surface area contributed by atoms with Crippen LogP contribution in [0.2, 0.25) is 0 Å². The molecule has 2 nitrogen and oxygen atoms in total. The molecule has 0 bridgehead atoms. The van der Waals surface area contributed by atoms with Gasteiger partial charge in [-0.2, -0.15) is 0 Å². The number of anilines is 1. The highest BCUT2D eigenvalue weighted by Crippen LogP contribution is 2.22. The highest BCUT2D eigenvalue weighted by molar-refractivity contribution is 9.10. The largest absolute Gasteiger partial charge is 0.319 e. The normalized spacial score (nSPS) is 10.3. The molecule has 0 aromatic heterocycles. The Hall–Kier alpha value is -1.75. The summed E-state index contributed by atoms with van der Waals surface area (Å²) in [6.45, 7) is 1.68. The Morgan fingerprint density at radius 2 is 1.95 bits per heavy atom. The third kappa shape index (κ3) is 2.98. The molecule has 0 heterocycles. The molecule has 0 fully saturated rings. The number of halogens is 3. The van der Waals surface area contributed by atoms with Crippen molar-refractivity contribution in [3.05, 3.63) is 63.6 Å². The molecule has 2 aromatic carbocycles. The van der Waals surface area contributed by atoms with Gasteiger partial charge in [-0.1, -0.05) is 12.1 Å². The third-order valence-electron chi connectivity index (χ3n) is 2.63. The van der Waals surface area contributed by atoms with E-state index in [1.807, 2.05) is 0 Å². The van der Waals surface area contributed by atoms with E-state index in [0.717, 1.165) is 6.07 Å². The van der Waals surface area contributed by atoms with Gasteiger partial charge in [0.05, 0.1) is 11.3 Å². The van der Waals surface area contributed by atoms with Gasteiger partial charge in [0.1, 0.15) is 11.6 Å². The minimum Gasteiger partial charge on any atom is -0.319 e. The van der Waals surface area contributed by atoms with Crippen LogP contribution >= 0.6 is 15.9 Å². The lowest BCUT2D eigenvalue weighted by atomic mass is 10.1. The molecule has 19 heavy (non-hydrogen) atoms. The summed E-state index contributed by atoms with van der Waals surface area (Å²) in [6, 6.07) is 8.24. The monoisotopic (exact) mass is 325 g/mol. The Labute approximate surface area is 117 Å². The van der Waals surface area contributed by atoms with Gasteiger partial charge in [-0.25, -0.2) is 8.78 Å². The van der Waals surface area contributed by atoms with E-state index in [4.69, 9.17) is 0 Å². The van der Waals surface area contributed by atoms with Gasteiger partial charge >= 0.3 is 0 Å². The predicted molar refractivity (Wildman–Crippen MR) is 73.2 cm³/mol. The first-order chi connectivity index (χ1) is 8.99.